The van der Waals surface area contributed by atoms with Crippen LogP contribution in [0.25, 0.3) is 0 Å². The van der Waals surface area contributed by atoms with Gasteiger partial charge in [-0.3, -0.25) is 4.79 Å². The van der Waals surface area contributed by atoms with Gasteiger partial charge in [-0.15, -0.1) is 12.4 Å². The summed E-state index contributed by atoms with van der Waals surface area (Å²) in [6, 6.07) is 15.1. The van der Waals surface area contributed by atoms with Crippen molar-refractivity contribution >= 4 is 28.3 Å². The van der Waals surface area contributed by atoms with Gasteiger partial charge in [0, 0.05) is 24.2 Å². The molecule has 8 heteroatoms. The number of amides is 1. The standard InChI is InChI=1S/C18H23N3O3S.ClH/c1-18(2,13-19)21-17(22)15-9-6-10-16(11-15)25(23,24)20-12-14-7-4-3-5-8-14;/h3-11,20H,12-13,19H2,1-2H3,(H,21,22);1H. The Balaban J connectivity index is 0.00000338. The lowest BCUT2D eigenvalue weighted by molar-refractivity contribution is 0.0915. The van der Waals surface area contributed by atoms with Gasteiger partial charge in [0.25, 0.3) is 5.91 Å². The zero-order valence-corrected chi connectivity index (χ0v) is 16.4. The first-order valence-electron chi connectivity index (χ1n) is 7.90. The molecule has 0 aliphatic carbocycles. The van der Waals surface area contributed by atoms with Crippen molar-refractivity contribution < 1.29 is 13.2 Å². The molecule has 0 aliphatic heterocycles. The summed E-state index contributed by atoms with van der Waals surface area (Å²) in [6.07, 6.45) is 0. The highest BCUT2D eigenvalue weighted by atomic mass is 35.5. The van der Waals surface area contributed by atoms with E-state index >= 15 is 0 Å². The number of benzene rings is 2. The highest BCUT2D eigenvalue weighted by molar-refractivity contribution is 7.89. The number of nitrogens with two attached hydrogens (primary N) is 1. The Morgan fingerprint density at radius 2 is 1.73 bits per heavy atom. The molecule has 0 aromatic heterocycles. The van der Waals surface area contributed by atoms with Crippen LogP contribution in [-0.4, -0.2) is 26.4 Å². The van der Waals surface area contributed by atoms with Gasteiger partial charge < -0.3 is 11.1 Å². The Bertz CT molecular complexity index is 840. The molecule has 0 bridgehead atoms. The predicted octanol–water partition coefficient (Wildman–Crippen LogP) is 2.05. The molecule has 6 nitrogen and oxygen atoms in total. The summed E-state index contributed by atoms with van der Waals surface area (Å²) in [5.41, 5.74) is 6.15. The molecule has 0 heterocycles. The molecule has 0 fully saturated rings. The van der Waals surface area contributed by atoms with Crippen molar-refractivity contribution in [3.8, 4) is 0 Å². The zero-order valence-electron chi connectivity index (χ0n) is 14.7. The van der Waals surface area contributed by atoms with E-state index in [1.807, 2.05) is 30.3 Å². The van der Waals surface area contributed by atoms with Gasteiger partial charge in [0.05, 0.1) is 4.90 Å². The fraction of sp³-hybridized carbons (Fsp3) is 0.278. The Morgan fingerprint density at radius 3 is 2.35 bits per heavy atom. The molecule has 0 spiro atoms. The number of carbonyl (C=O) groups is 1. The topological polar surface area (TPSA) is 101 Å². The number of rotatable bonds is 7. The van der Waals surface area contributed by atoms with Gasteiger partial charge in [-0.25, -0.2) is 13.1 Å². The highest BCUT2D eigenvalue weighted by Crippen LogP contribution is 2.13. The Labute approximate surface area is 160 Å². The molecule has 0 unspecified atom stereocenters. The molecule has 0 saturated heterocycles. The molecule has 26 heavy (non-hydrogen) atoms. The number of carbonyl (C=O) groups excluding carboxylic acids is 1. The second kappa shape index (κ2) is 9.14. The van der Waals surface area contributed by atoms with Crippen LogP contribution in [0, 0.1) is 0 Å². The lowest BCUT2D eigenvalue weighted by Gasteiger charge is -2.24. The average molecular weight is 398 g/mol. The molecular formula is C18H24ClN3O3S. The number of sulfonamides is 1. The van der Waals surface area contributed by atoms with Crippen molar-refractivity contribution in [2.75, 3.05) is 6.54 Å². The van der Waals surface area contributed by atoms with Crippen molar-refractivity contribution in [1.29, 1.82) is 0 Å². The van der Waals surface area contributed by atoms with Crippen LogP contribution in [0.15, 0.2) is 59.5 Å². The predicted molar refractivity (Wildman–Crippen MR) is 105 cm³/mol. The molecule has 2 aromatic carbocycles. The van der Waals surface area contributed by atoms with Gasteiger partial charge in [0.2, 0.25) is 10.0 Å². The van der Waals surface area contributed by atoms with Gasteiger partial charge in [-0.2, -0.15) is 0 Å². The van der Waals surface area contributed by atoms with Crippen molar-refractivity contribution in [2.45, 2.75) is 30.8 Å². The lowest BCUT2D eigenvalue weighted by Crippen LogP contribution is -2.48. The molecule has 0 radical (unpaired) electrons. The zero-order chi connectivity index (χ0) is 18.5. The third kappa shape index (κ3) is 6.10. The van der Waals surface area contributed by atoms with E-state index in [1.54, 1.807) is 26.0 Å². The Hall–Kier alpha value is -1.93. The van der Waals surface area contributed by atoms with E-state index in [4.69, 9.17) is 5.73 Å². The monoisotopic (exact) mass is 397 g/mol. The largest absolute Gasteiger partial charge is 0.346 e. The summed E-state index contributed by atoms with van der Waals surface area (Å²) in [4.78, 5) is 12.3. The van der Waals surface area contributed by atoms with Crippen LogP contribution in [0.4, 0.5) is 0 Å². The molecule has 2 rings (SSSR count). The molecule has 0 atom stereocenters. The van der Waals surface area contributed by atoms with E-state index in [0.29, 0.717) is 0 Å². The lowest BCUT2D eigenvalue weighted by atomic mass is 10.1. The van der Waals surface area contributed by atoms with Crippen molar-refractivity contribution in [3.05, 3.63) is 65.7 Å². The fourth-order valence-electron chi connectivity index (χ4n) is 2.09. The Morgan fingerprint density at radius 1 is 1.08 bits per heavy atom. The summed E-state index contributed by atoms with van der Waals surface area (Å²) < 4.78 is 27.5. The van der Waals surface area contributed by atoms with E-state index in [-0.39, 0.29) is 41.9 Å². The van der Waals surface area contributed by atoms with E-state index in [1.165, 1.54) is 12.1 Å². The maximum atomic E-state index is 12.5. The number of halogens is 1. The molecule has 142 valence electrons. The average Bonchev–Trinajstić information content (AvgIpc) is 2.61. The summed E-state index contributed by atoms with van der Waals surface area (Å²) in [7, 11) is -3.72. The van der Waals surface area contributed by atoms with Crippen LogP contribution < -0.4 is 15.8 Å². The summed E-state index contributed by atoms with van der Waals surface area (Å²) in [6.45, 7) is 4.05. The minimum absolute atomic E-state index is 0. The molecule has 0 saturated carbocycles. The first kappa shape index (κ1) is 22.1. The maximum Gasteiger partial charge on any atom is 0.251 e. The van der Waals surface area contributed by atoms with Crippen LogP contribution in [0.2, 0.25) is 0 Å². The van der Waals surface area contributed by atoms with Gasteiger partial charge in [0.1, 0.15) is 0 Å². The number of nitrogens with one attached hydrogen (secondary N) is 2. The van der Waals surface area contributed by atoms with Gasteiger partial charge in [-0.1, -0.05) is 36.4 Å². The molecule has 1 amide bonds. The van der Waals surface area contributed by atoms with Crippen molar-refractivity contribution in [3.63, 3.8) is 0 Å². The molecule has 2 aromatic rings. The van der Waals surface area contributed by atoms with Crippen molar-refractivity contribution in [1.82, 2.24) is 10.0 Å². The van der Waals surface area contributed by atoms with Crippen molar-refractivity contribution in [2.24, 2.45) is 5.73 Å². The maximum absolute atomic E-state index is 12.5. The minimum atomic E-state index is -3.72. The third-order valence-corrected chi connectivity index (χ3v) is 5.08. The summed E-state index contributed by atoms with van der Waals surface area (Å²) in [5, 5.41) is 2.78. The van der Waals surface area contributed by atoms with E-state index in [0.717, 1.165) is 5.56 Å². The second-order valence-electron chi connectivity index (χ2n) is 6.38. The van der Waals surface area contributed by atoms with Gasteiger partial charge in [0.15, 0.2) is 0 Å². The number of hydrogen-bond donors (Lipinski definition) is 3. The summed E-state index contributed by atoms with van der Waals surface area (Å²) in [5.74, 6) is -0.365. The molecule has 0 aliphatic rings. The minimum Gasteiger partial charge on any atom is -0.346 e. The van der Waals surface area contributed by atoms with E-state index in [9.17, 15) is 13.2 Å². The smallest absolute Gasteiger partial charge is 0.251 e. The van der Waals surface area contributed by atoms with Gasteiger partial charge >= 0.3 is 0 Å². The van der Waals surface area contributed by atoms with Crippen LogP contribution in [0.5, 0.6) is 0 Å². The first-order chi connectivity index (χ1) is 11.7. The summed E-state index contributed by atoms with van der Waals surface area (Å²) >= 11 is 0. The van der Waals surface area contributed by atoms with Crippen LogP contribution in [0.1, 0.15) is 29.8 Å². The SMILES string of the molecule is CC(C)(CN)NC(=O)c1cccc(S(=O)(=O)NCc2ccccc2)c1.Cl. The second-order valence-corrected chi connectivity index (χ2v) is 8.15. The Kier molecular flexibility index (Phi) is 7.77. The fourth-order valence-corrected chi connectivity index (χ4v) is 3.16. The van der Waals surface area contributed by atoms with E-state index in [2.05, 4.69) is 10.0 Å². The van der Waals surface area contributed by atoms with Gasteiger partial charge in [-0.05, 0) is 37.6 Å². The highest BCUT2D eigenvalue weighted by Gasteiger charge is 2.21. The molecule has 4 N–H and O–H groups in total. The van der Waals surface area contributed by atoms with Crippen LogP contribution in [0.3, 0.4) is 0 Å². The van der Waals surface area contributed by atoms with Crippen LogP contribution >= 0.6 is 12.4 Å². The third-order valence-electron chi connectivity index (χ3n) is 3.68. The van der Waals surface area contributed by atoms with Crippen LogP contribution in [-0.2, 0) is 16.6 Å². The quantitative estimate of drug-likeness (QED) is 0.665. The molecular weight excluding hydrogens is 374 g/mol. The number of hydrogen-bond acceptors (Lipinski definition) is 4. The van der Waals surface area contributed by atoms with E-state index < -0.39 is 15.6 Å². The normalized spacial score (nSPS) is 11.5. The first-order valence-corrected chi connectivity index (χ1v) is 9.38.